The summed E-state index contributed by atoms with van der Waals surface area (Å²) in [4.78, 5) is 12.9. The Bertz CT molecular complexity index is 1600. The Morgan fingerprint density at radius 1 is 1.03 bits per heavy atom. The summed E-state index contributed by atoms with van der Waals surface area (Å²) in [6.07, 6.45) is 3.22. The number of para-hydroxylation sites is 2. The van der Waals surface area contributed by atoms with E-state index in [-0.39, 0.29) is 5.57 Å². The molecule has 1 amide bonds. The first-order valence-electron chi connectivity index (χ1n) is 10.5. The topological polar surface area (TPSA) is 83.8 Å². The second kappa shape index (κ2) is 9.51. The number of furan rings is 1. The maximum Gasteiger partial charge on any atom is 0.266 e. The number of hydrogen-bond donors (Lipinski definition) is 1. The van der Waals surface area contributed by atoms with Gasteiger partial charge in [0, 0.05) is 22.2 Å². The zero-order chi connectivity index (χ0) is 24.4. The predicted molar refractivity (Wildman–Crippen MR) is 137 cm³/mol. The van der Waals surface area contributed by atoms with Gasteiger partial charge < -0.3 is 9.73 Å². The lowest BCUT2D eigenvalue weighted by molar-refractivity contribution is -0.112. The number of anilines is 1. The summed E-state index contributed by atoms with van der Waals surface area (Å²) < 4.78 is 7.70. The number of halogens is 2. The first kappa shape index (κ1) is 22.5. The van der Waals surface area contributed by atoms with Crippen molar-refractivity contribution in [3.8, 4) is 23.2 Å². The molecule has 5 aromatic rings. The molecule has 0 saturated heterocycles. The monoisotopic (exact) mass is 498 g/mol. The van der Waals surface area contributed by atoms with Gasteiger partial charge in [-0.3, -0.25) is 4.79 Å². The van der Waals surface area contributed by atoms with Gasteiger partial charge in [0.15, 0.2) is 5.76 Å². The molecule has 5 rings (SSSR count). The summed E-state index contributed by atoms with van der Waals surface area (Å²) in [5.41, 5.74) is 2.73. The summed E-state index contributed by atoms with van der Waals surface area (Å²) in [5.74, 6) is -0.109. The maximum absolute atomic E-state index is 12.9. The zero-order valence-corrected chi connectivity index (χ0v) is 19.6. The minimum atomic E-state index is -0.625. The van der Waals surface area contributed by atoms with Crippen LogP contribution in [0.4, 0.5) is 5.69 Å². The van der Waals surface area contributed by atoms with E-state index < -0.39 is 5.91 Å². The second-order valence-electron chi connectivity index (χ2n) is 7.61. The second-order valence-corrected chi connectivity index (χ2v) is 8.45. The smallest absolute Gasteiger partial charge is 0.266 e. The standard InChI is InChI=1S/C27H16Cl2N4O2/c28-20-10-11-22(29)23(14-20)31-27(34)18(15-30)12-19-16-33(21-7-2-1-3-8-21)32-26(19)25-13-17-6-4-5-9-24(17)35-25/h1-14,16H,(H,31,34). The van der Waals surface area contributed by atoms with Crippen LogP contribution in [0.25, 0.3) is 34.2 Å². The quantitative estimate of drug-likeness (QED) is 0.206. The normalized spacial score (nSPS) is 11.4. The van der Waals surface area contributed by atoms with Gasteiger partial charge in [0.1, 0.15) is 22.9 Å². The molecule has 0 saturated carbocycles. The highest BCUT2D eigenvalue weighted by atomic mass is 35.5. The van der Waals surface area contributed by atoms with E-state index in [0.29, 0.717) is 38.3 Å². The van der Waals surface area contributed by atoms with E-state index in [1.165, 1.54) is 12.1 Å². The molecule has 0 aliphatic heterocycles. The molecule has 0 atom stereocenters. The van der Waals surface area contributed by atoms with Crippen LogP contribution in [0.2, 0.25) is 10.0 Å². The van der Waals surface area contributed by atoms with Gasteiger partial charge in [-0.05, 0) is 48.5 Å². The number of carbonyl (C=O) groups is 1. The summed E-state index contributed by atoms with van der Waals surface area (Å²) in [6, 6.07) is 25.7. The molecule has 0 bridgehead atoms. The summed E-state index contributed by atoms with van der Waals surface area (Å²) in [6.45, 7) is 0. The number of carbonyl (C=O) groups excluding carboxylic acids is 1. The van der Waals surface area contributed by atoms with E-state index in [4.69, 9.17) is 32.7 Å². The fourth-order valence-corrected chi connectivity index (χ4v) is 3.92. The minimum Gasteiger partial charge on any atom is -0.454 e. The van der Waals surface area contributed by atoms with Gasteiger partial charge >= 0.3 is 0 Å². The maximum atomic E-state index is 12.9. The SMILES string of the molecule is N#CC(=Cc1cn(-c2ccccc2)nc1-c1cc2ccccc2o1)C(=O)Nc1cc(Cl)ccc1Cl. The van der Waals surface area contributed by atoms with Crippen LogP contribution >= 0.6 is 23.2 Å². The van der Waals surface area contributed by atoms with E-state index in [9.17, 15) is 10.1 Å². The van der Waals surface area contributed by atoms with E-state index in [1.54, 1.807) is 23.0 Å². The fourth-order valence-electron chi connectivity index (χ4n) is 3.58. The van der Waals surface area contributed by atoms with Crippen LogP contribution in [-0.2, 0) is 4.79 Å². The van der Waals surface area contributed by atoms with E-state index >= 15 is 0 Å². The van der Waals surface area contributed by atoms with E-state index in [0.717, 1.165) is 11.1 Å². The lowest BCUT2D eigenvalue weighted by Crippen LogP contribution is -2.13. The highest BCUT2D eigenvalue weighted by molar-refractivity contribution is 6.36. The van der Waals surface area contributed by atoms with Crippen LogP contribution in [0.5, 0.6) is 0 Å². The third-order valence-corrected chi connectivity index (χ3v) is 5.83. The number of hydrogen-bond acceptors (Lipinski definition) is 4. The largest absolute Gasteiger partial charge is 0.454 e. The number of fused-ring (bicyclic) bond motifs is 1. The third kappa shape index (κ3) is 4.69. The number of aromatic nitrogens is 2. The number of rotatable bonds is 5. The van der Waals surface area contributed by atoms with E-state index in [1.807, 2.05) is 66.7 Å². The number of nitrogens with zero attached hydrogens (tertiary/aromatic N) is 3. The Labute approximate surface area is 210 Å². The van der Waals surface area contributed by atoms with Crippen LogP contribution in [0, 0.1) is 11.3 Å². The molecule has 35 heavy (non-hydrogen) atoms. The molecule has 0 radical (unpaired) electrons. The summed E-state index contributed by atoms with van der Waals surface area (Å²) >= 11 is 12.2. The molecule has 0 spiro atoms. The van der Waals surface area contributed by atoms with Gasteiger partial charge in [0.2, 0.25) is 0 Å². The zero-order valence-electron chi connectivity index (χ0n) is 18.1. The number of amides is 1. The van der Waals surface area contributed by atoms with Gasteiger partial charge in [-0.1, -0.05) is 59.6 Å². The van der Waals surface area contributed by atoms with Crippen molar-refractivity contribution in [1.29, 1.82) is 5.26 Å². The fraction of sp³-hybridized carbons (Fsp3) is 0. The molecule has 2 heterocycles. The molecule has 170 valence electrons. The Morgan fingerprint density at radius 3 is 2.57 bits per heavy atom. The summed E-state index contributed by atoms with van der Waals surface area (Å²) in [7, 11) is 0. The molecular weight excluding hydrogens is 483 g/mol. The van der Waals surface area contributed by atoms with Crippen molar-refractivity contribution in [3.05, 3.63) is 106 Å². The van der Waals surface area contributed by atoms with E-state index in [2.05, 4.69) is 5.32 Å². The van der Waals surface area contributed by atoms with Crippen molar-refractivity contribution in [2.75, 3.05) is 5.32 Å². The van der Waals surface area contributed by atoms with Gasteiger partial charge in [0.25, 0.3) is 5.91 Å². The van der Waals surface area contributed by atoms with Crippen LogP contribution < -0.4 is 5.32 Å². The Morgan fingerprint density at radius 2 is 1.80 bits per heavy atom. The molecule has 2 aromatic heterocycles. The average Bonchev–Trinajstić information content (AvgIpc) is 3.49. The highest BCUT2D eigenvalue weighted by Gasteiger charge is 2.18. The lowest BCUT2D eigenvalue weighted by atomic mass is 10.1. The van der Waals surface area contributed by atoms with Gasteiger partial charge in [-0.25, -0.2) is 4.68 Å². The van der Waals surface area contributed by atoms with Crippen LogP contribution in [0.15, 0.2) is 95.0 Å². The predicted octanol–water partition coefficient (Wildman–Crippen LogP) is 7.14. The van der Waals surface area contributed by atoms with Crippen LogP contribution in [0.3, 0.4) is 0 Å². The van der Waals surface area contributed by atoms with Gasteiger partial charge in [-0.2, -0.15) is 10.4 Å². The first-order valence-corrected chi connectivity index (χ1v) is 11.3. The molecule has 0 aliphatic rings. The highest BCUT2D eigenvalue weighted by Crippen LogP contribution is 2.31. The van der Waals surface area contributed by atoms with Crippen molar-refractivity contribution in [2.24, 2.45) is 0 Å². The number of nitriles is 1. The molecule has 8 heteroatoms. The molecule has 0 aliphatic carbocycles. The number of benzene rings is 3. The summed E-state index contributed by atoms with van der Waals surface area (Å²) in [5, 5.41) is 18.7. The molecule has 0 unspecified atom stereocenters. The molecule has 1 N–H and O–H groups in total. The van der Waals surface area contributed by atoms with Crippen molar-refractivity contribution < 1.29 is 9.21 Å². The molecular formula is C27H16Cl2N4O2. The van der Waals surface area contributed by atoms with Crippen molar-refractivity contribution in [1.82, 2.24) is 9.78 Å². The minimum absolute atomic E-state index is 0.133. The molecule has 6 nitrogen and oxygen atoms in total. The molecule has 3 aromatic carbocycles. The van der Waals surface area contributed by atoms with Crippen molar-refractivity contribution in [2.45, 2.75) is 0 Å². The third-order valence-electron chi connectivity index (χ3n) is 5.26. The Balaban J connectivity index is 1.58. The van der Waals surface area contributed by atoms with Gasteiger partial charge in [0.05, 0.1) is 16.4 Å². The van der Waals surface area contributed by atoms with Crippen LogP contribution in [-0.4, -0.2) is 15.7 Å². The Hall–Kier alpha value is -4.31. The van der Waals surface area contributed by atoms with Crippen LogP contribution in [0.1, 0.15) is 5.56 Å². The lowest BCUT2D eigenvalue weighted by Gasteiger charge is -2.07. The Kier molecular flexibility index (Phi) is 6.11. The molecule has 0 fully saturated rings. The average molecular weight is 499 g/mol. The first-order chi connectivity index (χ1) is 17.0. The van der Waals surface area contributed by atoms with Crippen molar-refractivity contribution >= 4 is 51.8 Å². The van der Waals surface area contributed by atoms with Crippen molar-refractivity contribution in [3.63, 3.8) is 0 Å². The van der Waals surface area contributed by atoms with Gasteiger partial charge in [-0.15, -0.1) is 0 Å². The number of nitrogens with one attached hydrogen (secondary N) is 1.